The molecule has 0 saturated carbocycles. The SMILES string of the molecule is c1ccc(-c2nc(-c3cccc(-c4cccc5c4c4cc(-n6c7ccccc7c7ccccc76)ccc4n5-c4ccccc4)c3)nc3oc4ccccc4c23)cc1. The fourth-order valence-electron chi connectivity index (χ4n) is 8.88. The van der Waals surface area contributed by atoms with Crippen molar-refractivity contribution in [3.05, 3.63) is 194 Å². The summed E-state index contributed by atoms with van der Waals surface area (Å²) in [6.07, 6.45) is 0. The maximum Gasteiger partial charge on any atom is 0.231 e. The van der Waals surface area contributed by atoms with Crippen molar-refractivity contribution in [2.24, 2.45) is 0 Å². The van der Waals surface area contributed by atoms with Crippen molar-refractivity contribution in [2.75, 3.05) is 0 Å². The summed E-state index contributed by atoms with van der Waals surface area (Å²) in [5.74, 6) is 0.620. The van der Waals surface area contributed by atoms with Gasteiger partial charge in [0.05, 0.1) is 33.1 Å². The van der Waals surface area contributed by atoms with E-state index in [0.29, 0.717) is 11.5 Å². The first-order valence-corrected chi connectivity index (χ1v) is 19.3. The monoisotopic (exact) mass is 728 g/mol. The summed E-state index contributed by atoms with van der Waals surface area (Å²) in [4.78, 5) is 10.3. The predicted molar refractivity (Wildman–Crippen MR) is 234 cm³/mol. The minimum absolute atomic E-state index is 0.580. The molecular weight excluding hydrogens is 697 g/mol. The highest BCUT2D eigenvalue weighted by atomic mass is 16.3. The molecule has 0 amide bonds. The van der Waals surface area contributed by atoms with Gasteiger partial charge in [0.2, 0.25) is 5.71 Å². The van der Waals surface area contributed by atoms with Crippen LogP contribution < -0.4 is 0 Å². The van der Waals surface area contributed by atoms with Crippen LogP contribution in [0.1, 0.15) is 0 Å². The number of hydrogen-bond acceptors (Lipinski definition) is 3. The van der Waals surface area contributed by atoms with Gasteiger partial charge in [0.15, 0.2) is 5.82 Å². The summed E-state index contributed by atoms with van der Waals surface area (Å²) < 4.78 is 11.2. The summed E-state index contributed by atoms with van der Waals surface area (Å²) in [5, 5.41) is 6.80. The zero-order chi connectivity index (χ0) is 37.5. The molecule has 4 aromatic heterocycles. The van der Waals surface area contributed by atoms with Gasteiger partial charge in [-0.15, -0.1) is 0 Å². The second-order valence-corrected chi connectivity index (χ2v) is 14.6. The molecule has 0 atom stereocenters. The Bertz CT molecular complexity index is 3470. The number of aromatic nitrogens is 4. The summed E-state index contributed by atoms with van der Waals surface area (Å²) in [6.45, 7) is 0. The van der Waals surface area contributed by atoms with E-state index in [1.165, 1.54) is 32.6 Å². The first-order chi connectivity index (χ1) is 28.3. The van der Waals surface area contributed by atoms with Crippen LogP contribution in [0, 0.1) is 0 Å². The van der Waals surface area contributed by atoms with Crippen LogP contribution in [0.15, 0.2) is 199 Å². The van der Waals surface area contributed by atoms with Crippen molar-refractivity contribution in [3.8, 4) is 45.1 Å². The molecule has 266 valence electrons. The van der Waals surface area contributed by atoms with E-state index < -0.39 is 0 Å². The average molecular weight is 729 g/mol. The Morgan fingerprint density at radius 2 is 0.965 bits per heavy atom. The van der Waals surface area contributed by atoms with E-state index in [4.69, 9.17) is 14.4 Å². The maximum atomic E-state index is 6.38. The molecule has 12 aromatic rings. The first kappa shape index (κ1) is 31.6. The van der Waals surface area contributed by atoms with Gasteiger partial charge >= 0.3 is 0 Å². The second kappa shape index (κ2) is 12.4. The number of hydrogen-bond donors (Lipinski definition) is 0. The quantitative estimate of drug-likeness (QED) is 0.177. The fourth-order valence-corrected chi connectivity index (χ4v) is 8.88. The number of benzene rings is 8. The summed E-state index contributed by atoms with van der Waals surface area (Å²) in [5.41, 5.74) is 13.3. The Morgan fingerprint density at radius 1 is 0.368 bits per heavy atom. The molecule has 0 saturated heterocycles. The minimum atomic E-state index is 0.580. The van der Waals surface area contributed by atoms with Crippen LogP contribution in [0.5, 0.6) is 0 Å². The van der Waals surface area contributed by atoms with Crippen molar-refractivity contribution in [1.82, 2.24) is 19.1 Å². The van der Waals surface area contributed by atoms with Gasteiger partial charge in [-0.3, -0.25) is 0 Å². The van der Waals surface area contributed by atoms with E-state index in [9.17, 15) is 0 Å². The molecule has 0 fully saturated rings. The third kappa shape index (κ3) is 4.82. The number of nitrogens with zero attached hydrogens (tertiary/aromatic N) is 4. The van der Waals surface area contributed by atoms with Gasteiger partial charge in [0.25, 0.3) is 0 Å². The summed E-state index contributed by atoms with van der Waals surface area (Å²) in [6, 6.07) is 68.6. The van der Waals surface area contributed by atoms with Gasteiger partial charge < -0.3 is 13.6 Å². The van der Waals surface area contributed by atoms with E-state index in [1.807, 2.05) is 36.4 Å². The van der Waals surface area contributed by atoms with Gasteiger partial charge in [-0.05, 0) is 71.8 Å². The zero-order valence-corrected chi connectivity index (χ0v) is 30.7. The molecule has 12 rings (SSSR count). The zero-order valence-electron chi connectivity index (χ0n) is 30.7. The van der Waals surface area contributed by atoms with Crippen LogP contribution >= 0.6 is 0 Å². The molecule has 5 nitrogen and oxygen atoms in total. The molecule has 0 N–H and O–H groups in total. The van der Waals surface area contributed by atoms with E-state index >= 15 is 0 Å². The molecule has 0 aliphatic rings. The smallest absolute Gasteiger partial charge is 0.231 e. The second-order valence-electron chi connectivity index (χ2n) is 14.6. The molecule has 4 heterocycles. The van der Waals surface area contributed by atoms with Crippen molar-refractivity contribution < 1.29 is 4.42 Å². The van der Waals surface area contributed by atoms with Crippen molar-refractivity contribution in [2.45, 2.75) is 0 Å². The molecule has 0 bridgehead atoms. The lowest BCUT2D eigenvalue weighted by Gasteiger charge is -2.10. The summed E-state index contributed by atoms with van der Waals surface area (Å²) >= 11 is 0. The maximum absolute atomic E-state index is 6.38. The number of fused-ring (bicyclic) bond motifs is 9. The standard InChI is InChI=1S/C52H32N4O/c1-3-15-33(16-4-1)50-49-41-23-9-12-28-47(41)57-52(49)54-51(53-50)35-18-13-17-34(31-35)38-24-14-27-46-48(38)42-32-37(29-30-45(42)55(46)36-19-5-2-6-20-36)56-43-25-10-7-21-39(43)40-22-8-11-26-44(40)56/h1-32H. The van der Waals surface area contributed by atoms with Crippen molar-refractivity contribution in [3.63, 3.8) is 0 Å². The Hall–Kier alpha value is -7.76. The van der Waals surface area contributed by atoms with E-state index in [0.717, 1.165) is 66.7 Å². The lowest BCUT2D eigenvalue weighted by atomic mass is 9.97. The number of para-hydroxylation sites is 4. The Balaban J connectivity index is 1.10. The molecule has 5 heteroatoms. The Labute approximate surface area is 327 Å². The van der Waals surface area contributed by atoms with Crippen LogP contribution in [-0.2, 0) is 0 Å². The van der Waals surface area contributed by atoms with Crippen molar-refractivity contribution in [1.29, 1.82) is 0 Å². The average Bonchev–Trinajstić information content (AvgIpc) is 3.94. The van der Waals surface area contributed by atoms with Crippen LogP contribution in [0.3, 0.4) is 0 Å². The molecule has 0 unspecified atom stereocenters. The topological polar surface area (TPSA) is 48.8 Å². The van der Waals surface area contributed by atoms with Gasteiger partial charge in [0, 0.05) is 49.4 Å². The van der Waals surface area contributed by atoms with E-state index in [2.05, 4.69) is 167 Å². The first-order valence-electron chi connectivity index (χ1n) is 19.3. The van der Waals surface area contributed by atoms with Crippen LogP contribution in [0.2, 0.25) is 0 Å². The van der Waals surface area contributed by atoms with E-state index in [1.54, 1.807) is 0 Å². The number of rotatable bonds is 5. The van der Waals surface area contributed by atoms with Crippen molar-refractivity contribution >= 4 is 65.7 Å². The molecular formula is C52H32N4O. The van der Waals surface area contributed by atoms with Crippen LogP contribution in [0.4, 0.5) is 0 Å². The van der Waals surface area contributed by atoms with Crippen LogP contribution in [0.25, 0.3) is 111 Å². The Morgan fingerprint density at radius 3 is 1.75 bits per heavy atom. The molecule has 0 radical (unpaired) electrons. The minimum Gasteiger partial charge on any atom is -0.438 e. The lowest BCUT2D eigenvalue weighted by Crippen LogP contribution is -1.95. The fraction of sp³-hybridized carbons (Fsp3) is 0. The largest absolute Gasteiger partial charge is 0.438 e. The third-order valence-electron chi connectivity index (χ3n) is 11.3. The van der Waals surface area contributed by atoms with E-state index in [-0.39, 0.29) is 0 Å². The molecule has 0 aliphatic carbocycles. The predicted octanol–water partition coefficient (Wildman–Crippen LogP) is 13.6. The van der Waals surface area contributed by atoms with Crippen LogP contribution in [-0.4, -0.2) is 19.1 Å². The normalized spacial score (nSPS) is 11.9. The lowest BCUT2D eigenvalue weighted by molar-refractivity contribution is 0.653. The highest BCUT2D eigenvalue weighted by Gasteiger charge is 2.21. The molecule has 8 aromatic carbocycles. The Kier molecular flexibility index (Phi) is 6.86. The third-order valence-corrected chi connectivity index (χ3v) is 11.3. The van der Waals surface area contributed by atoms with Gasteiger partial charge in [-0.25, -0.2) is 4.98 Å². The molecule has 0 spiro atoms. The highest BCUT2D eigenvalue weighted by molar-refractivity contribution is 6.17. The van der Waals surface area contributed by atoms with Gasteiger partial charge in [0.1, 0.15) is 5.58 Å². The molecule has 0 aliphatic heterocycles. The highest BCUT2D eigenvalue weighted by Crippen LogP contribution is 2.42. The summed E-state index contributed by atoms with van der Waals surface area (Å²) in [7, 11) is 0. The van der Waals surface area contributed by atoms with Gasteiger partial charge in [-0.2, -0.15) is 4.98 Å². The van der Waals surface area contributed by atoms with Gasteiger partial charge in [-0.1, -0.05) is 133 Å². The molecule has 57 heavy (non-hydrogen) atoms. The number of furan rings is 1.